The van der Waals surface area contributed by atoms with Gasteiger partial charge in [0.1, 0.15) is 11.6 Å². The van der Waals surface area contributed by atoms with Gasteiger partial charge in [0.05, 0.1) is 11.1 Å². The minimum absolute atomic E-state index is 0.0761. The number of pyridine rings is 2. The SMILES string of the molecule is O=c1[nH]cc2ccc(NC(F)C(F)F)nc2c1-c1ccc(OC(F)F)cc1. The second-order valence-corrected chi connectivity index (χ2v) is 5.41. The monoisotopic (exact) mass is 385 g/mol. The van der Waals surface area contributed by atoms with Crippen molar-refractivity contribution in [2.24, 2.45) is 0 Å². The van der Waals surface area contributed by atoms with Crippen LogP contribution in [-0.2, 0) is 0 Å². The van der Waals surface area contributed by atoms with Crippen molar-refractivity contribution >= 4 is 16.7 Å². The van der Waals surface area contributed by atoms with Crippen LogP contribution in [0.1, 0.15) is 0 Å². The number of halogens is 5. The second-order valence-electron chi connectivity index (χ2n) is 5.41. The first kappa shape index (κ1) is 18.6. The van der Waals surface area contributed by atoms with Gasteiger partial charge in [0.2, 0.25) is 6.30 Å². The molecule has 2 N–H and O–H groups in total. The van der Waals surface area contributed by atoms with E-state index in [-0.39, 0.29) is 22.6 Å². The van der Waals surface area contributed by atoms with Crippen LogP contribution in [0.4, 0.5) is 27.8 Å². The fourth-order valence-corrected chi connectivity index (χ4v) is 2.47. The topological polar surface area (TPSA) is 67.0 Å². The van der Waals surface area contributed by atoms with Gasteiger partial charge in [-0.25, -0.2) is 18.2 Å². The molecular weight excluding hydrogens is 373 g/mol. The van der Waals surface area contributed by atoms with Gasteiger partial charge in [-0.1, -0.05) is 12.1 Å². The standard InChI is InChI=1S/C17H12F5N3O2/c18-14(19)15(20)25-11-6-3-9-7-23-16(26)12(13(9)24-11)8-1-4-10(5-2-8)27-17(21)22/h1-7,14-15,17H,(H,23,26)(H,24,25). The van der Waals surface area contributed by atoms with Crippen LogP contribution in [-0.4, -0.2) is 29.3 Å². The first-order valence-electron chi connectivity index (χ1n) is 7.61. The molecule has 0 aliphatic heterocycles. The molecule has 0 aliphatic carbocycles. The highest BCUT2D eigenvalue weighted by molar-refractivity contribution is 5.93. The number of ether oxygens (including phenoxy) is 1. The number of aromatic amines is 1. The molecule has 0 spiro atoms. The zero-order chi connectivity index (χ0) is 19.6. The number of rotatable bonds is 6. The molecule has 3 aromatic rings. The summed E-state index contributed by atoms with van der Waals surface area (Å²) in [5, 5.41) is 2.39. The van der Waals surface area contributed by atoms with Crippen LogP contribution in [0.5, 0.6) is 5.75 Å². The molecule has 0 radical (unpaired) electrons. The van der Waals surface area contributed by atoms with Crippen molar-refractivity contribution in [1.82, 2.24) is 9.97 Å². The summed E-state index contributed by atoms with van der Waals surface area (Å²) in [6, 6.07) is 8.00. The van der Waals surface area contributed by atoms with E-state index >= 15 is 0 Å². The highest BCUT2D eigenvalue weighted by Crippen LogP contribution is 2.27. The zero-order valence-electron chi connectivity index (χ0n) is 13.4. The van der Waals surface area contributed by atoms with Crippen molar-refractivity contribution in [2.75, 3.05) is 5.32 Å². The lowest BCUT2D eigenvalue weighted by Gasteiger charge is -2.12. The Balaban J connectivity index is 2.05. The number of alkyl halides is 5. The van der Waals surface area contributed by atoms with E-state index in [1.54, 1.807) is 0 Å². The summed E-state index contributed by atoms with van der Waals surface area (Å²) >= 11 is 0. The third-order valence-electron chi connectivity index (χ3n) is 3.62. The van der Waals surface area contributed by atoms with Crippen LogP contribution < -0.4 is 15.6 Å². The maximum atomic E-state index is 13.2. The minimum Gasteiger partial charge on any atom is -0.435 e. The van der Waals surface area contributed by atoms with E-state index in [9.17, 15) is 26.7 Å². The van der Waals surface area contributed by atoms with Gasteiger partial charge in [0.25, 0.3) is 12.0 Å². The molecule has 2 aromatic heterocycles. The number of hydrogen-bond acceptors (Lipinski definition) is 4. The van der Waals surface area contributed by atoms with Crippen molar-refractivity contribution in [3.05, 3.63) is 52.9 Å². The number of aromatic nitrogens is 2. The highest BCUT2D eigenvalue weighted by atomic mass is 19.3. The molecule has 0 aliphatic rings. The number of H-pyrrole nitrogens is 1. The van der Waals surface area contributed by atoms with E-state index in [1.165, 1.54) is 42.6 Å². The highest BCUT2D eigenvalue weighted by Gasteiger charge is 2.20. The van der Waals surface area contributed by atoms with Gasteiger partial charge in [-0.3, -0.25) is 4.79 Å². The van der Waals surface area contributed by atoms with Crippen LogP contribution in [0.3, 0.4) is 0 Å². The predicted molar refractivity (Wildman–Crippen MR) is 89.0 cm³/mol. The number of fused-ring (bicyclic) bond motifs is 1. The Kier molecular flexibility index (Phi) is 5.24. The Hall–Kier alpha value is -3.17. The summed E-state index contributed by atoms with van der Waals surface area (Å²) in [6.45, 7) is -2.99. The molecule has 0 saturated heterocycles. The fraction of sp³-hybridized carbons (Fsp3) is 0.176. The largest absolute Gasteiger partial charge is 0.435 e. The Morgan fingerprint density at radius 3 is 2.33 bits per heavy atom. The Morgan fingerprint density at radius 1 is 1.00 bits per heavy atom. The normalized spacial score (nSPS) is 12.6. The van der Waals surface area contributed by atoms with Crippen LogP contribution in [0, 0.1) is 0 Å². The van der Waals surface area contributed by atoms with Crippen LogP contribution in [0.25, 0.3) is 22.0 Å². The minimum atomic E-state index is -3.25. The molecule has 0 saturated carbocycles. The van der Waals surface area contributed by atoms with Gasteiger partial charge in [-0.2, -0.15) is 8.78 Å². The lowest BCUT2D eigenvalue weighted by atomic mass is 10.0. The molecule has 0 bridgehead atoms. The smallest absolute Gasteiger partial charge is 0.387 e. The summed E-state index contributed by atoms with van der Waals surface area (Å²) in [5.74, 6) is -0.280. The maximum Gasteiger partial charge on any atom is 0.387 e. The van der Waals surface area contributed by atoms with Gasteiger partial charge in [-0.05, 0) is 29.8 Å². The summed E-state index contributed by atoms with van der Waals surface area (Å²) < 4.78 is 66.7. The number of benzene rings is 1. The quantitative estimate of drug-likeness (QED) is 0.494. The van der Waals surface area contributed by atoms with E-state index in [4.69, 9.17) is 0 Å². The second kappa shape index (κ2) is 7.60. The Morgan fingerprint density at radius 2 is 1.70 bits per heavy atom. The van der Waals surface area contributed by atoms with Gasteiger partial charge < -0.3 is 15.0 Å². The average molecular weight is 385 g/mol. The molecule has 1 unspecified atom stereocenters. The maximum absolute atomic E-state index is 13.2. The van der Waals surface area contributed by atoms with Crippen molar-refractivity contribution < 1.29 is 26.7 Å². The molecule has 0 amide bonds. The van der Waals surface area contributed by atoms with Crippen molar-refractivity contribution in [2.45, 2.75) is 19.3 Å². The number of anilines is 1. The number of hydrogen-bond donors (Lipinski definition) is 2. The molecule has 27 heavy (non-hydrogen) atoms. The first-order chi connectivity index (χ1) is 12.8. The first-order valence-corrected chi connectivity index (χ1v) is 7.61. The molecule has 142 valence electrons. The average Bonchev–Trinajstić information content (AvgIpc) is 2.62. The van der Waals surface area contributed by atoms with E-state index < -0.39 is 24.9 Å². The molecule has 0 fully saturated rings. The van der Waals surface area contributed by atoms with E-state index in [0.29, 0.717) is 10.9 Å². The number of nitrogens with zero attached hydrogens (tertiary/aromatic N) is 1. The Labute approximate surface area is 148 Å². The molecule has 1 atom stereocenters. The molecule has 2 heterocycles. The fourth-order valence-electron chi connectivity index (χ4n) is 2.47. The van der Waals surface area contributed by atoms with Crippen molar-refractivity contribution in [3.8, 4) is 16.9 Å². The van der Waals surface area contributed by atoms with Gasteiger partial charge >= 0.3 is 6.61 Å². The molecule has 5 nitrogen and oxygen atoms in total. The predicted octanol–water partition coefficient (Wildman–Crippen LogP) is 4.16. The summed E-state index contributed by atoms with van der Waals surface area (Å²) in [6.07, 6.45) is -4.50. The summed E-state index contributed by atoms with van der Waals surface area (Å²) in [5.41, 5.74) is -0.000873. The third kappa shape index (κ3) is 4.15. The van der Waals surface area contributed by atoms with Gasteiger partial charge in [-0.15, -0.1) is 0 Å². The van der Waals surface area contributed by atoms with Crippen LogP contribution in [0.2, 0.25) is 0 Å². The molecule has 3 rings (SSSR count). The van der Waals surface area contributed by atoms with Crippen LogP contribution >= 0.6 is 0 Å². The third-order valence-corrected chi connectivity index (χ3v) is 3.62. The van der Waals surface area contributed by atoms with E-state index in [1.807, 2.05) is 5.32 Å². The zero-order valence-corrected chi connectivity index (χ0v) is 13.4. The van der Waals surface area contributed by atoms with Crippen LogP contribution in [0.15, 0.2) is 47.4 Å². The van der Waals surface area contributed by atoms with Gasteiger partial charge in [0.15, 0.2) is 0 Å². The van der Waals surface area contributed by atoms with Crippen molar-refractivity contribution in [3.63, 3.8) is 0 Å². The van der Waals surface area contributed by atoms with Crippen molar-refractivity contribution in [1.29, 1.82) is 0 Å². The molecule has 1 aromatic carbocycles. The van der Waals surface area contributed by atoms with Gasteiger partial charge in [0, 0.05) is 11.6 Å². The molecular formula is C17H12F5N3O2. The lowest BCUT2D eigenvalue weighted by molar-refractivity contribution is -0.0498. The molecule has 10 heteroatoms. The number of nitrogens with one attached hydrogen (secondary N) is 2. The summed E-state index contributed by atoms with van der Waals surface area (Å²) in [7, 11) is 0. The van der Waals surface area contributed by atoms with E-state index in [2.05, 4.69) is 14.7 Å². The van der Waals surface area contributed by atoms with E-state index in [0.717, 1.165) is 0 Å². The Bertz CT molecular complexity index is 992. The lowest BCUT2D eigenvalue weighted by Crippen LogP contribution is -2.23. The summed E-state index contributed by atoms with van der Waals surface area (Å²) in [4.78, 5) is 18.8.